The minimum absolute atomic E-state index is 0.0311. The van der Waals surface area contributed by atoms with Crippen molar-refractivity contribution in [2.75, 3.05) is 26.3 Å². The quantitative estimate of drug-likeness (QED) is 0.677. The zero-order valence-corrected chi connectivity index (χ0v) is 17.0. The molecular formula is C23H27N3O3. The van der Waals surface area contributed by atoms with E-state index in [1.54, 1.807) is 0 Å². The molecule has 1 saturated heterocycles. The molecule has 1 N–H and O–H groups in total. The van der Waals surface area contributed by atoms with Crippen LogP contribution in [0.3, 0.4) is 0 Å². The first-order valence-electron chi connectivity index (χ1n) is 10.3. The number of H-pyrrole nitrogens is 1. The molecule has 6 heteroatoms. The second-order valence-corrected chi connectivity index (χ2v) is 7.43. The largest absolute Gasteiger partial charge is 0.490 e. The Morgan fingerprint density at radius 1 is 1.07 bits per heavy atom. The molecule has 0 radical (unpaired) electrons. The van der Waals surface area contributed by atoms with Crippen LogP contribution in [-0.4, -0.2) is 47.1 Å². The highest BCUT2D eigenvalue weighted by atomic mass is 16.5. The highest BCUT2D eigenvalue weighted by Gasteiger charge is 2.18. The lowest BCUT2D eigenvalue weighted by Gasteiger charge is -2.26. The molecular weight excluding hydrogens is 366 g/mol. The van der Waals surface area contributed by atoms with E-state index in [9.17, 15) is 4.79 Å². The lowest BCUT2D eigenvalue weighted by atomic mass is 10.1. The molecule has 2 heterocycles. The van der Waals surface area contributed by atoms with E-state index in [-0.39, 0.29) is 12.5 Å². The molecule has 0 bridgehead atoms. The number of fused-ring (bicyclic) bond motifs is 1. The van der Waals surface area contributed by atoms with Crippen LogP contribution in [0, 0.1) is 6.92 Å². The summed E-state index contributed by atoms with van der Waals surface area (Å²) < 4.78 is 11.6. The minimum atomic E-state index is 0.0311. The predicted molar refractivity (Wildman–Crippen MR) is 113 cm³/mol. The van der Waals surface area contributed by atoms with Crippen LogP contribution in [0.1, 0.15) is 31.7 Å². The van der Waals surface area contributed by atoms with Crippen LogP contribution in [0.5, 0.6) is 11.5 Å². The number of piperidine rings is 1. The number of carbonyl (C=O) groups is 1. The molecule has 1 aromatic heterocycles. The summed E-state index contributed by atoms with van der Waals surface area (Å²) in [6.45, 7) is 6.18. The molecule has 3 aromatic rings. The molecule has 0 saturated carbocycles. The monoisotopic (exact) mass is 393 g/mol. The van der Waals surface area contributed by atoms with E-state index in [1.165, 1.54) is 12.0 Å². The molecule has 6 nitrogen and oxygen atoms in total. The van der Waals surface area contributed by atoms with Gasteiger partial charge in [0.15, 0.2) is 18.1 Å². The molecule has 1 fully saturated rings. The summed E-state index contributed by atoms with van der Waals surface area (Å²) >= 11 is 0. The molecule has 29 heavy (non-hydrogen) atoms. The third-order valence-electron chi connectivity index (χ3n) is 5.21. The van der Waals surface area contributed by atoms with Gasteiger partial charge in [-0.2, -0.15) is 0 Å². The van der Waals surface area contributed by atoms with Crippen LogP contribution in [0.15, 0.2) is 36.4 Å². The molecule has 1 aliphatic heterocycles. The van der Waals surface area contributed by atoms with Crippen molar-refractivity contribution in [3.8, 4) is 22.9 Å². The van der Waals surface area contributed by atoms with Gasteiger partial charge in [0.25, 0.3) is 5.91 Å². The smallest absolute Gasteiger partial charge is 0.260 e. The summed E-state index contributed by atoms with van der Waals surface area (Å²) in [7, 11) is 0. The van der Waals surface area contributed by atoms with Crippen LogP contribution in [0.4, 0.5) is 0 Å². The van der Waals surface area contributed by atoms with Gasteiger partial charge in [-0.3, -0.25) is 4.79 Å². The average molecular weight is 393 g/mol. The summed E-state index contributed by atoms with van der Waals surface area (Å²) in [5, 5.41) is 0. The van der Waals surface area contributed by atoms with E-state index in [0.717, 1.165) is 48.4 Å². The van der Waals surface area contributed by atoms with Gasteiger partial charge < -0.3 is 19.4 Å². The van der Waals surface area contributed by atoms with Gasteiger partial charge in [0, 0.05) is 18.7 Å². The Morgan fingerprint density at radius 2 is 1.90 bits per heavy atom. The number of aryl methyl sites for hydroxylation is 1. The van der Waals surface area contributed by atoms with E-state index in [2.05, 4.69) is 29.0 Å². The Morgan fingerprint density at radius 3 is 2.69 bits per heavy atom. The number of hydrogen-bond donors (Lipinski definition) is 1. The molecule has 0 aliphatic carbocycles. The predicted octanol–water partition coefficient (Wildman–Crippen LogP) is 4.33. The Bertz CT molecular complexity index is 1010. The van der Waals surface area contributed by atoms with Crippen LogP contribution in [0.2, 0.25) is 0 Å². The highest BCUT2D eigenvalue weighted by Crippen LogP contribution is 2.33. The van der Waals surface area contributed by atoms with Crippen molar-refractivity contribution < 1.29 is 14.3 Å². The van der Waals surface area contributed by atoms with Crippen molar-refractivity contribution in [3.05, 3.63) is 42.0 Å². The number of hydrogen-bond acceptors (Lipinski definition) is 4. The second kappa shape index (κ2) is 8.55. The van der Waals surface area contributed by atoms with Gasteiger partial charge in [0.05, 0.1) is 17.6 Å². The lowest BCUT2D eigenvalue weighted by molar-refractivity contribution is -0.134. The molecule has 2 aromatic carbocycles. The van der Waals surface area contributed by atoms with Gasteiger partial charge in [-0.1, -0.05) is 6.07 Å². The molecule has 0 atom stereocenters. The van der Waals surface area contributed by atoms with Crippen LogP contribution in [-0.2, 0) is 4.79 Å². The SMILES string of the molecule is CCOc1cc(-c2nc3ccc(C)cc3[nH]2)ccc1OCC(=O)N1CCCCC1. The number of likely N-dealkylation sites (tertiary alicyclic amines) is 1. The normalized spacial score (nSPS) is 14.2. The summed E-state index contributed by atoms with van der Waals surface area (Å²) in [6.07, 6.45) is 3.34. The zero-order valence-electron chi connectivity index (χ0n) is 17.0. The molecule has 4 rings (SSSR count). The summed E-state index contributed by atoms with van der Waals surface area (Å²) in [5.74, 6) is 2.01. The van der Waals surface area contributed by atoms with Crippen LogP contribution < -0.4 is 9.47 Å². The summed E-state index contributed by atoms with van der Waals surface area (Å²) in [4.78, 5) is 22.3. The third-order valence-corrected chi connectivity index (χ3v) is 5.21. The Balaban J connectivity index is 1.53. The maximum Gasteiger partial charge on any atom is 0.260 e. The Labute approximate surface area is 170 Å². The number of amides is 1. The molecule has 1 amide bonds. The number of benzene rings is 2. The first-order valence-corrected chi connectivity index (χ1v) is 10.3. The maximum absolute atomic E-state index is 12.4. The van der Waals surface area contributed by atoms with E-state index in [0.29, 0.717) is 18.1 Å². The van der Waals surface area contributed by atoms with Gasteiger partial charge in [0.1, 0.15) is 5.82 Å². The minimum Gasteiger partial charge on any atom is -0.490 e. The standard InChI is InChI=1S/C23H27N3O3/c1-3-28-21-14-17(23-24-18-9-7-16(2)13-19(18)25-23)8-10-20(21)29-15-22(27)26-11-5-4-6-12-26/h7-10,13-14H,3-6,11-12,15H2,1-2H3,(H,24,25). The van der Waals surface area contributed by atoms with E-state index in [4.69, 9.17) is 9.47 Å². The number of aromatic amines is 1. The van der Waals surface area contributed by atoms with Crippen molar-refractivity contribution in [1.82, 2.24) is 14.9 Å². The number of imidazole rings is 1. The summed E-state index contributed by atoms with van der Waals surface area (Å²) in [5.41, 5.74) is 4.03. The maximum atomic E-state index is 12.4. The average Bonchev–Trinajstić information content (AvgIpc) is 3.16. The Kier molecular flexibility index (Phi) is 5.69. The fourth-order valence-electron chi connectivity index (χ4n) is 3.68. The van der Waals surface area contributed by atoms with Gasteiger partial charge in [-0.25, -0.2) is 4.98 Å². The van der Waals surface area contributed by atoms with Gasteiger partial charge in [0.2, 0.25) is 0 Å². The molecule has 152 valence electrons. The van der Waals surface area contributed by atoms with Crippen molar-refractivity contribution in [1.29, 1.82) is 0 Å². The van der Waals surface area contributed by atoms with Crippen molar-refractivity contribution in [2.45, 2.75) is 33.1 Å². The molecule has 0 spiro atoms. The third kappa shape index (κ3) is 4.36. The van der Waals surface area contributed by atoms with E-state index >= 15 is 0 Å². The number of ether oxygens (including phenoxy) is 2. The first-order chi connectivity index (χ1) is 14.1. The number of carbonyl (C=O) groups excluding carboxylic acids is 1. The lowest BCUT2D eigenvalue weighted by Crippen LogP contribution is -2.38. The fraction of sp³-hybridized carbons (Fsp3) is 0.391. The zero-order chi connectivity index (χ0) is 20.2. The van der Waals surface area contributed by atoms with Crippen LogP contribution >= 0.6 is 0 Å². The second-order valence-electron chi connectivity index (χ2n) is 7.43. The van der Waals surface area contributed by atoms with E-state index < -0.39 is 0 Å². The number of rotatable bonds is 6. The van der Waals surface area contributed by atoms with Gasteiger partial charge in [-0.15, -0.1) is 0 Å². The van der Waals surface area contributed by atoms with Crippen molar-refractivity contribution in [3.63, 3.8) is 0 Å². The summed E-state index contributed by atoms with van der Waals surface area (Å²) in [6, 6.07) is 11.8. The van der Waals surface area contributed by atoms with Gasteiger partial charge in [-0.05, 0) is 69.0 Å². The number of aromatic nitrogens is 2. The molecule has 1 aliphatic rings. The number of nitrogens with zero attached hydrogens (tertiary/aromatic N) is 2. The topological polar surface area (TPSA) is 67.5 Å². The number of nitrogens with one attached hydrogen (secondary N) is 1. The van der Waals surface area contributed by atoms with Crippen molar-refractivity contribution in [2.24, 2.45) is 0 Å². The van der Waals surface area contributed by atoms with Crippen molar-refractivity contribution >= 4 is 16.9 Å². The van der Waals surface area contributed by atoms with E-state index in [1.807, 2.05) is 36.1 Å². The Hall–Kier alpha value is -3.02. The first kappa shape index (κ1) is 19.3. The van der Waals surface area contributed by atoms with Crippen LogP contribution in [0.25, 0.3) is 22.4 Å². The highest BCUT2D eigenvalue weighted by molar-refractivity contribution is 5.80. The fourth-order valence-corrected chi connectivity index (χ4v) is 3.68. The van der Waals surface area contributed by atoms with Gasteiger partial charge >= 0.3 is 0 Å². The molecule has 0 unspecified atom stereocenters.